The van der Waals surface area contributed by atoms with Gasteiger partial charge in [0, 0.05) is 30.3 Å². The molecule has 0 saturated carbocycles. The molecule has 1 aliphatic rings. The Labute approximate surface area is 260 Å². The van der Waals surface area contributed by atoms with Crippen LogP contribution in [0, 0.1) is 0 Å². The van der Waals surface area contributed by atoms with Crippen molar-refractivity contribution in [3.8, 4) is 22.6 Å². The lowest BCUT2D eigenvalue weighted by atomic mass is 9.96. The fourth-order valence-corrected chi connectivity index (χ4v) is 6.22. The van der Waals surface area contributed by atoms with Crippen LogP contribution < -0.4 is 4.74 Å². The zero-order chi connectivity index (χ0) is 31.3. The fraction of sp³-hybridized carbons (Fsp3) is 0.200. The number of benzene rings is 4. The molecule has 0 saturated heterocycles. The molecule has 0 fully saturated rings. The zero-order valence-electron chi connectivity index (χ0n) is 25.3. The lowest BCUT2D eigenvalue weighted by molar-refractivity contribution is -0.141. The first-order valence-corrected chi connectivity index (χ1v) is 14.5. The minimum Gasteiger partial charge on any atom is -0.497 e. The number of oxime groups is 2. The van der Waals surface area contributed by atoms with Gasteiger partial charge in [0.25, 0.3) is 0 Å². The van der Waals surface area contributed by atoms with Gasteiger partial charge in [-0.2, -0.15) is 12.6 Å². The number of hydrogen-bond acceptors (Lipinski definition) is 8. The summed E-state index contributed by atoms with van der Waals surface area (Å²) in [6, 6.07) is 24.7. The first-order chi connectivity index (χ1) is 21.0. The Morgan fingerprint density at radius 3 is 1.93 bits per heavy atom. The number of thiol groups is 1. The molecule has 4 aromatic carbocycles. The van der Waals surface area contributed by atoms with E-state index in [1.54, 1.807) is 14.0 Å². The van der Waals surface area contributed by atoms with Gasteiger partial charge in [0.15, 0.2) is 0 Å². The lowest BCUT2D eigenvalue weighted by Crippen LogP contribution is -2.12. The van der Waals surface area contributed by atoms with Crippen molar-refractivity contribution in [3.63, 3.8) is 0 Å². The summed E-state index contributed by atoms with van der Waals surface area (Å²) >= 11 is 5.19. The van der Waals surface area contributed by atoms with E-state index in [0.717, 1.165) is 66.6 Å². The van der Waals surface area contributed by atoms with Crippen LogP contribution in [0.25, 0.3) is 38.6 Å². The predicted octanol–water partition coefficient (Wildman–Crippen LogP) is 7.54. The van der Waals surface area contributed by atoms with E-state index in [1.807, 2.05) is 43.3 Å². The van der Waals surface area contributed by atoms with Crippen LogP contribution in [-0.4, -0.2) is 35.0 Å². The van der Waals surface area contributed by atoms with Crippen molar-refractivity contribution in [1.29, 1.82) is 0 Å². The number of aromatic nitrogens is 1. The Morgan fingerprint density at radius 1 is 0.705 bits per heavy atom. The third-order valence-corrected chi connectivity index (χ3v) is 8.54. The molecule has 9 heteroatoms. The van der Waals surface area contributed by atoms with Crippen LogP contribution in [0.1, 0.15) is 56.9 Å². The molecule has 0 radical (unpaired) electrons. The summed E-state index contributed by atoms with van der Waals surface area (Å²) in [5.41, 5.74) is 10.3. The van der Waals surface area contributed by atoms with E-state index in [9.17, 15) is 9.59 Å². The molecule has 8 nitrogen and oxygen atoms in total. The molecule has 5 aromatic rings. The summed E-state index contributed by atoms with van der Waals surface area (Å²) in [4.78, 5) is 32.4. The SMILES string of the molecule is COc1ccc2c(c1)C(C)(S)c1cc3c(cc1-2)c1cc(C(C)=NOC(C)=O)ccc1n3-c1ccc(C(C)=NOC(C)=O)cc1. The maximum atomic E-state index is 11.4. The number of ether oxygens (including phenoxy) is 1. The van der Waals surface area contributed by atoms with E-state index in [2.05, 4.69) is 58.2 Å². The van der Waals surface area contributed by atoms with Crippen LogP contribution in [0.15, 0.2) is 83.1 Å². The minimum absolute atomic E-state index is 0.469. The molecule has 1 aromatic heterocycles. The van der Waals surface area contributed by atoms with Gasteiger partial charge in [0.2, 0.25) is 0 Å². The standard InChI is InChI=1S/C35H31N3O5S/c1-19(36-42-21(3)39)23-7-10-25(11-8-23)38-33-14-9-24(20(2)37-43-22(4)40)15-29(33)30-17-28-27-13-12-26(41-6)16-31(27)35(5,44)32(28)18-34(30)38/h7-18,44H,1-6H3. The van der Waals surface area contributed by atoms with Crippen molar-refractivity contribution in [2.24, 2.45) is 10.3 Å². The number of fused-ring (bicyclic) bond motifs is 6. The number of methoxy groups -OCH3 is 1. The van der Waals surface area contributed by atoms with E-state index in [0.29, 0.717) is 11.4 Å². The highest BCUT2D eigenvalue weighted by Gasteiger charge is 2.37. The average molecular weight is 606 g/mol. The molecule has 1 atom stereocenters. The first-order valence-electron chi connectivity index (χ1n) is 14.1. The lowest BCUT2D eigenvalue weighted by Gasteiger charge is -2.21. The van der Waals surface area contributed by atoms with Crippen molar-refractivity contribution in [1.82, 2.24) is 4.57 Å². The van der Waals surface area contributed by atoms with Crippen molar-refractivity contribution in [2.75, 3.05) is 7.11 Å². The predicted molar refractivity (Wildman–Crippen MR) is 176 cm³/mol. The Kier molecular flexibility index (Phi) is 7.29. The summed E-state index contributed by atoms with van der Waals surface area (Å²) in [7, 11) is 1.67. The molecule has 1 aliphatic carbocycles. The number of rotatable bonds is 6. The molecular weight excluding hydrogens is 574 g/mol. The van der Waals surface area contributed by atoms with Crippen molar-refractivity contribution >= 4 is 57.8 Å². The summed E-state index contributed by atoms with van der Waals surface area (Å²) in [6.07, 6.45) is 0. The minimum atomic E-state index is -0.540. The van der Waals surface area contributed by atoms with E-state index >= 15 is 0 Å². The molecule has 0 aliphatic heterocycles. The molecule has 0 bridgehead atoms. The fourth-order valence-electron chi connectivity index (χ4n) is 5.85. The summed E-state index contributed by atoms with van der Waals surface area (Å²) in [5, 5.41) is 10.0. The zero-order valence-corrected chi connectivity index (χ0v) is 26.2. The largest absolute Gasteiger partial charge is 0.497 e. The Balaban J connectivity index is 1.59. The highest BCUT2D eigenvalue weighted by Crippen LogP contribution is 2.53. The smallest absolute Gasteiger partial charge is 0.331 e. The Morgan fingerprint density at radius 2 is 1.30 bits per heavy atom. The highest BCUT2D eigenvalue weighted by atomic mass is 32.1. The normalized spacial score (nSPS) is 16.2. The van der Waals surface area contributed by atoms with Crippen molar-refractivity contribution in [2.45, 2.75) is 39.4 Å². The maximum Gasteiger partial charge on any atom is 0.331 e. The van der Waals surface area contributed by atoms with Gasteiger partial charge in [-0.25, -0.2) is 9.59 Å². The van der Waals surface area contributed by atoms with Gasteiger partial charge < -0.3 is 19.0 Å². The van der Waals surface area contributed by atoms with Gasteiger partial charge in [-0.3, -0.25) is 0 Å². The van der Waals surface area contributed by atoms with Gasteiger partial charge in [-0.1, -0.05) is 34.6 Å². The number of nitrogens with zero attached hydrogens (tertiary/aromatic N) is 3. The number of carbonyl (C=O) groups excluding carboxylic acids is 2. The molecule has 222 valence electrons. The summed E-state index contributed by atoms with van der Waals surface area (Å²) in [5.74, 6) is -0.154. The Bertz CT molecular complexity index is 2060. The third-order valence-electron chi connectivity index (χ3n) is 8.05. The first kappa shape index (κ1) is 29.2. The molecule has 1 unspecified atom stereocenters. The molecule has 44 heavy (non-hydrogen) atoms. The second-order valence-electron chi connectivity index (χ2n) is 11.0. The van der Waals surface area contributed by atoms with Crippen molar-refractivity contribution in [3.05, 3.63) is 95.1 Å². The Hall–Kier alpha value is -4.89. The molecule has 6 rings (SSSR count). The summed E-state index contributed by atoms with van der Waals surface area (Å²) < 4.78 is 7.22. The molecule has 1 heterocycles. The average Bonchev–Trinajstić information content (AvgIpc) is 3.45. The summed E-state index contributed by atoms with van der Waals surface area (Å²) in [6.45, 7) is 8.37. The van der Waals surface area contributed by atoms with Crippen LogP contribution >= 0.6 is 12.6 Å². The maximum absolute atomic E-state index is 11.4. The monoisotopic (exact) mass is 605 g/mol. The van der Waals surface area contributed by atoms with Gasteiger partial charge in [0.05, 0.1) is 34.3 Å². The van der Waals surface area contributed by atoms with Gasteiger partial charge >= 0.3 is 11.9 Å². The quantitative estimate of drug-likeness (QED) is 0.0935. The second kappa shape index (κ2) is 11.0. The van der Waals surface area contributed by atoms with Crippen LogP contribution in [0.2, 0.25) is 0 Å². The van der Waals surface area contributed by atoms with Gasteiger partial charge in [-0.15, -0.1) is 0 Å². The highest BCUT2D eigenvalue weighted by molar-refractivity contribution is 7.81. The van der Waals surface area contributed by atoms with Crippen LogP contribution in [0.4, 0.5) is 0 Å². The van der Waals surface area contributed by atoms with E-state index < -0.39 is 16.7 Å². The van der Waals surface area contributed by atoms with Crippen LogP contribution in [0.5, 0.6) is 5.75 Å². The molecule has 0 amide bonds. The van der Waals surface area contributed by atoms with E-state index in [-0.39, 0.29) is 0 Å². The third kappa shape index (κ3) is 4.93. The van der Waals surface area contributed by atoms with Crippen LogP contribution in [-0.2, 0) is 24.0 Å². The van der Waals surface area contributed by atoms with Crippen LogP contribution in [0.3, 0.4) is 0 Å². The molecule has 0 N–H and O–H groups in total. The van der Waals surface area contributed by atoms with Gasteiger partial charge in [-0.05, 0) is 103 Å². The van der Waals surface area contributed by atoms with E-state index in [1.165, 1.54) is 13.8 Å². The van der Waals surface area contributed by atoms with Crippen molar-refractivity contribution < 1.29 is 24.0 Å². The molecular formula is C35H31N3O5S. The number of hydrogen-bond donors (Lipinski definition) is 1. The van der Waals surface area contributed by atoms with E-state index in [4.69, 9.17) is 27.0 Å². The van der Waals surface area contributed by atoms with Gasteiger partial charge in [0.1, 0.15) is 5.75 Å². The second-order valence-corrected chi connectivity index (χ2v) is 11.9. The topological polar surface area (TPSA) is 91.5 Å². The molecule has 0 spiro atoms. The number of carbonyl (C=O) groups is 2.